The Morgan fingerprint density at radius 3 is 2.56 bits per heavy atom. The Morgan fingerprint density at radius 1 is 1.12 bits per heavy atom. The topological polar surface area (TPSA) is 49.9 Å². The Labute approximate surface area is 148 Å². The molecule has 2 aliphatic heterocycles. The number of carbonyl (C=O) groups is 2. The lowest BCUT2D eigenvalue weighted by Crippen LogP contribution is -2.53. The van der Waals surface area contributed by atoms with Gasteiger partial charge in [0, 0.05) is 44.1 Å². The highest BCUT2D eigenvalue weighted by atomic mass is 16.5. The van der Waals surface area contributed by atoms with Gasteiger partial charge in [0.25, 0.3) is 0 Å². The first-order valence-electron chi connectivity index (χ1n) is 9.43. The van der Waals surface area contributed by atoms with E-state index in [2.05, 4.69) is 17.0 Å². The Hall–Kier alpha value is -1.88. The Bertz CT molecular complexity index is 644. The summed E-state index contributed by atoms with van der Waals surface area (Å²) >= 11 is 0. The number of amides is 1. The number of carbonyl (C=O) groups excluding carboxylic acids is 2. The molecule has 0 bridgehead atoms. The van der Waals surface area contributed by atoms with Crippen LogP contribution in [0.25, 0.3) is 0 Å². The number of piperazine rings is 1. The van der Waals surface area contributed by atoms with Crippen LogP contribution in [0.3, 0.4) is 0 Å². The van der Waals surface area contributed by atoms with Gasteiger partial charge in [-0.2, -0.15) is 0 Å². The first-order valence-corrected chi connectivity index (χ1v) is 9.43. The second kappa shape index (κ2) is 6.79. The van der Waals surface area contributed by atoms with Crippen molar-refractivity contribution in [1.29, 1.82) is 0 Å². The molecule has 1 amide bonds. The zero-order valence-corrected chi connectivity index (χ0v) is 14.8. The van der Waals surface area contributed by atoms with Gasteiger partial charge in [-0.3, -0.25) is 14.5 Å². The maximum absolute atomic E-state index is 12.6. The first kappa shape index (κ1) is 16.6. The molecular weight excluding hydrogens is 316 g/mol. The monoisotopic (exact) mass is 342 g/mol. The molecule has 0 N–H and O–H groups in total. The van der Waals surface area contributed by atoms with Crippen molar-refractivity contribution < 1.29 is 14.3 Å². The molecular formula is C20H26N2O3. The van der Waals surface area contributed by atoms with Crippen LogP contribution in [0.4, 0.5) is 0 Å². The van der Waals surface area contributed by atoms with Crippen molar-refractivity contribution in [2.75, 3.05) is 32.8 Å². The molecule has 2 heterocycles. The quantitative estimate of drug-likeness (QED) is 0.784. The summed E-state index contributed by atoms with van der Waals surface area (Å²) < 4.78 is 5.36. The van der Waals surface area contributed by atoms with Crippen LogP contribution in [0.5, 0.6) is 0 Å². The molecule has 0 spiro atoms. The Kier molecular flexibility index (Phi) is 4.50. The van der Waals surface area contributed by atoms with Crippen LogP contribution in [0.15, 0.2) is 30.3 Å². The average Bonchev–Trinajstić information content (AvgIpc) is 3.41. The highest BCUT2D eigenvalue weighted by Gasteiger charge is 2.49. The largest absolute Gasteiger partial charge is 0.466 e. The van der Waals surface area contributed by atoms with Crippen molar-refractivity contribution in [1.82, 2.24) is 9.80 Å². The third-order valence-electron chi connectivity index (χ3n) is 5.82. The average molecular weight is 342 g/mol. The van der Waals surface area contributed by atoms with Crippen LogP contribution in [-0.4, -0.2) is 60.5 Å². The lowest BCUT2D eigenvalue weighted by Gasteiger charge is -2.39. The van der Waals surface area contributed by atoms with Crippen molar-refractivity contribution >= 4 is 11.9 Å². The van der Waals surface area contributed by atoms with Crippen molar-refractivity contribution in [3.8, 4) is 0 Å². The Balaban J connectivity index is 1.59. The van der Waals surface area contributed by atoms with Crippen LogP contribution < -0.4 is 0 Å². The maximum Gasteiger partial charge on any atom is 0.310 e. The fourth-order valence-corrected chi connectivity index (χ4v) is 4.44. The van der Waals surface area contributed by atoms with E-state index < -0.39 is 0 Å². The van der Waals surface area contributed by atoms with Crippen LogP contribution in [0.2, 0.25) is 0 Å². The number of esters is 1. The minimum absolute atomic E-state index is 0.0926. The molecule has 2 saturated heterocycles. The molecule has 1 aromatic carbocycles. The van der Waals surface area contributed by atoms with Crippen molar-refractivity contribution in [2.24, 2.45) is 11.8 Å². The van der Waals surface area contributed by atoms with E-state index >= 15 is 0 Å². The van der Waals surface area contributed by atoms with Crippen LogP contribution in [-0.2, 0) is 14.3 Å². The van der Waals surface area contributed by atoms with E-state index in [1.807, 2.05) is 30.0 Å². The summed E-state index contributed by atoms with van der Waals surface area (Å²) in [7, 11) is 0. The maximum atomic E-state index is 12.6. The van der Waals surface area contributed by atoms with Gasteiger partial charge < -0.3 is 9.64 Å². The molecule has 3 atom stereocenters. The van der Waals surface area contributed by atoms with Crippen LogP contribution >= 0.6 is 0 Å². The summed E-state index contributed by atoms with van der Waals surface area (Å²) in [6.07, 6.45) is 2.08. The summed E-state index contributed by atoms with van der Waals surface area (Å²) in [5, 5.41) is 0. The number of ether oxygens (including phenoxy) is 1. The highest BCUT2D eigenvalue weighted by Crippen LogP contribution is 2.41. The van der Waals surface area contributed by atoms with Crippen molar-refractivity contribution in [3.05, 3.63) is 35.9 Å². The molecule has 1 saturated carbocycles. The SMILES string of the molecule is CCOC(=O)[C@@H]1CN2CCN(C(=O)C3CC3)C[C@@H]2[C@H]1c1ccccc1. The zero-order chi connectivity index (χ0) is 17.4. The highest BCUT2D eigenvalue weighted by molar-refractivity contribution is 5.81. The molecule has 3 fully saturated rings. The summed E-state index contributed by atoms with van der Waals surface area (Å²) in [6, 6.07) is 10.4. The van der Waals surface area contributed by atoms with Gasteiger partial charge in [0.15, 0.2) is 0 Å². The molecule has 0 unspecified atom stereocenters. The molecule has 4 rings (SSSR count). The smallest absolute Gasteiger partial charge is 0.310 e. The van der Waals surface area contributed by atoms with Crippen LogP contribution in [0, 0.1) is 11.8 Å². The van der Waals surface area contributed by atoms with Crippen molar-refractivity contribution in [2.45, 2.75) is 31.7 Å². The van der Waals surface area contributed by atoms with E-state index in [-0.39, 0.29) is 29.8 Å². The van der Waals surface area contributed by atoms with Gasteiger partial charge in [-0.05, 0) is 25.3 Å². The normalized spacial score (nSPS) is 29.3. The van der Waals surface area contributed by atoms with E-state index in [9.17, 15) is 9.59 Å². The predicted molar refractivity (Wildman–Crippen MR) is 94.0 cm³/mol. The minimum Gasteiger partial charge on any atom is -0.466 e. The lowest BCUT2D eigenvalue weighted by molar-refractivity contribution is -0.148. The lowest BCUT2D eigenvalue weighted by atomic mass is 9.83. The van der Waals surface area contributed by atoms with Gasteiger partial charge in [0.2, 0.25) is 5.91 Å². The molecule has 0 aromatic heterocycles. The van der Waals surface area contributed by atoms with Gasteiger partial charge in [-0.25, -0.2) is 0 Å². The van der Waals surface area contributed by atoms with Gasteiger partial charge in [-0.1, -0.05) is 30.3 Å². The number of nitrogens with zero attached hydrogens (tertiary/aromatic N) is 2. The number of benzene rings is 1. The predicted octanol–water partition coefficient (Wildman–Crippen LogP) is 1.89. The van der Waals surface area contributed by atoms with E-state index in [1.54, 1.807) is 0 Å². The third kappa shape index (κ3) is 3.17. The molecule has 1 aliphatic carbocycles. The van der Waals surface area contributed by atoms with E-state index in [1.165, 1.54) is 5.56 Å². The van der Waals surface area contributed by atoms with Gasteiger partial charge in [-0.15, -0.1) is 0 Å². The fraction of sp³-hybridized carbons (Fsp3) is 0.600. The second-order valence-electron chi connectivity index (χ2n) is 7.42. The Morgan fingerprint density at radius 2 is 1.88 bits per heavy atom. The molecule has 5 heteroatoms. The summed E-state index contributed by atoms with van der Waals surface area (Å²) in [5.74, 6) is 0.402. The molecule has 1 aromatic rings. The molecule has 25 heavy (non-hydrogen) atoms. The molecule has 134 valence electrons. The van der Waals surface area contributed by atoms with E-state index in [0.717, 1.165) is 39.0 Å². The number of rotatable bonds is 4. The fourth-order valence-electron chi connectivity index (χ4n) is 4.44. The second-order valence-corrected chi connectivity index (χ2v) is 7.42. The number of hydrogen-bond acceptors (Lipinski definition) is 4. The zero-order valence-electron chi connectivity index (χ0n) is 14.8. The van der Waals surface area contributed by atoms with Gasteiger partial charge in [0.1, 0.15) is 0 Å². The number of hydrogen-bond donors (Lipinski definition) is 0. The van der Waals surface area contributed by atoms with E-state index in [0.29, 0.717) is 12.5 Å². The standard InChI is InChI=1S/C20H26N2O3/c1-2-25-20(24)16-12-21-10-11-22(19(23)15-8-9-15)13-17(21)18(16)14-6-4-3-5-7-14/h3-7,15-18H,2,8-13H2,1H3/t16-,17-,18+/m1/s1. The summed E-state index contributed by atoms with van der Waals surface area (Å²) in [5.41, 5.74) is 1.17. The first-order chi connectivity index (χ1) is 12.2. The summed E-state index contributed by atoms with van der Waals surface area (Å²) in [4.78, 5) is 29.5. The van der Waals surface area contributed by atoms with Gasteiger partial charge in [0.05, 0.1) is 12.5 Å². The minimum atomic E-state index is -0.150. The number of fused-ring (bicyclic) bond motifs is 1. The molecule has 3 aliphatic rings. The third-order valence-corrected chi connectivity index (χ3v) is 5.82. The molecule has 0 radical (unpaired) electrons. The van der Waals surface area contributed by atoms with Crippen molar-refractivity contribution in [3.63, 3.8) is 0 Å². The van der Waals surface area contributed by atoms with Crippen LogP contribution in [0.1, 0.15) is 31.2 Å². The van der Waals surface area contributed by atoms with Gasteiger partial charge >= 0.3 is 5.97 Å². The van der Waals surface area contributed by atoms with E-state index in [4.69, 9.17) is 4.74 Å². The molecule has 5 nitrogen and oxygen atoms in total. The summed E-state index contributed by atoms with van der Waals surface area (Å²) in [6.45, 7) is 5.35.